The number of hydrogen-bond donors (Lipinski definition) is 2. The second kappa shape index (κ2) is 8.83. The molecule has 32 heavy (non-hydrogen) atoms. The lowest BCUT2D eigenvalue weighted by Gasteiger charge is -2.13. The predicted molar refractivity (Wildman–Crippen MR) is 127 cm³/mol. The van der Waals surface area contributed by atoms with Crippen molar-refractivity contribution in [3.63, 3.8) is 0 Å². The molecular formula is C24H23N5O2S. The minimum Gasteiger partial charge on any atom is -0.355 e. The molecule has 0 aliphatic carbocycles. The first-order valence-electron chi connectivity index (χ1n) is 10.2. The fourth-order valence-corrected chi connectivity index (χ4v) is 5.05. The smallest absolute Gasteiger partial charge is 0.269 e. The van der Waals surface area contributed by atoms with E-state index in [1.807, 2.05) is 44.3 Å². The largest absolute Gasteiger partial charge is 0.355 e. The lowest BCUT2D eigenvalue weighted by atomic mass is 10.1. The summed E-state index contributed by atoms with van der Waals surface area (Å²) in [4.78, 5) is 7.60. The van der Waals surface area contributed by atoms with E-state index in [1.165, 1.54) is 10.2 Å². The van der Waals surface area contributed by atoms with Crippen LogP contribution in [0.15, 0.2) is 72.0 Å². The number of aromatic nitrogens is 2. The molecule has 2 aromatic heterocycles. The maximum atomic E-state index is 13.4. The van der Waals surface area contributed by atoms with Gasteiger partial charge in [0.25, 0.3) is 10.0 Å². The first-order valence-corrected chi connectivity index (χ1v) is 11.6. The zero-order chi connectivity index (χ0) is 22.7. The molecule has 0 aliphatic heterocycles. The first-order chi connectivity index (χ1) is 15.5. The number of nitrogens with zero attached hydrogens (tertiary/aromatic N) is 3. The highest BCUT2D eigenvalue weighted by Gasteiger charge is 2.21. The second-order valence-electron chi connectivity index (χ2n) is 7.34. The molecule has 2 aromatic carbocycles. The molecule has 0 radical (unpaired) electrons. The van der Waals surface area contributed by atoms with Crippen LogP contribution in [-0.4, -0.2) is 24.4 Å². The van der Waals surface area contributed by atoms with Gasteiger partial charge in [-0.2, -0.15) is 0 Å². The maximum absolute atomic E-state index is 13.4. The summed E-state index contributed by atoms with van der Waals surface area (Å²) in [5.74, 6) is 0. The Morgan fingerprint density at radius 3 is 2.66 bits per heavy atom. The molecule has 2 N–H and O–H groups in total. The van der Waals surface area contributed by atoms with Crippen LogP contribution in [0, 0.1) is 6.57 Å². The number of benzene rings is 2. The van der Waals surface area contributed by atoms with Crippen molar-refractivity contribution >= 4 is 38.0 Å². The molecular weight excluding hydrogens is 422 g/mol. The summed E-state index contributed by atoms with van der Waals surface area (Å²) in [7, 11) is -1.98. The van der Waals surface area contributed by atoms with Crippen LogP contribution in [-0.2, 0) is 23.0 Å². The van der Waals surface area contributed by atoms with Crippen LogP contribution in [0.1, 0.15) is 18.1 Å². The summed E-state index contributed by atoms with van der Waals surface area (Å²) in [6.45, 7) is 9.80. The van der Waals surface area contributed by atoms with Gasteiger partial charge in [-0.1, -0.05) is 25.1 Å². The first kappa shape index (κ1) is 21.6. The van der Waals surface area contributed by atoms with Gasteiger partial charge in [-0.25, -0.2) is 17.2 Å². The molecule has 4 aromatic rings. The average molecular weight is 446 g/mol. The summed E-state index contributed by atoms with van der Waals surface area (Å²) in [5, 5.41) is 7.35. The van der Waals surface area contributed by atoms with E-state index < -0.39 is 10.0 Å². The predicted octanol–water partition coefficient (Wildman–Crippen LogP) is 4.85. The van der Waals surface area contributed by atoms with Gasteiger partial charge >= 0.3 is 0 Å². The van der Waals surface area contributed by atoms with Crippen LogP contribution in [0.3, 0.4) is 0 Å². The van der Waals surface area contributed by atoms with Crippen LogP contribution in [0.2, 0.25) is 0 Å². The molecule has 0 amide bonds. The molecule has 0 saturated heterocycles. The van der Waals surface area contributed by atoms with Gasteiger partial charge in [0, 0.05) is 41.9 Å². The molecule has 0 saturated carbocycles. The third-order valence-electron chi connectivity index (χ3n) is 5.29. The Labute approximate surface area is 187 Å². The van der Waals surface area contributed by atoms with Gasteiger partial charge in [0.05, 0.1) is 12.1 Å². The molecule has 8 heteroatoms. The SMILES string of the molecule is [C-]#[N+]c1ccc(Nc2ccc3c(CNC)cn(S(=O)(=O)c4cccnc4)c3c2)c(CC)c1. The highest BCUT2D eigenvalue weighted by Crippen LogP contribution is 2.31. The Kier molecular flexibility index (Phi) is 5.95. The Hall–Kier alpha value is -3.67. The summed E-state index contributed by atoms with van der Waals surface area (Å²) in [6, 6.07) is 14.4. The van der Waals surface area contributed by atoms with Crippen LogP contribution >= 0.6 is 0 Å². The summed E-state index contributed by atoms with van der Waals surface area (Å²) in [6.07, 6.45) is 5.33. The molecule has 0 bridgehead atoms. The van der Waals surface area contributed by atoms with Crippen LogP contribution < -0.4 is 10.6 Å². The van der Waals surface area contributed by atoms with Crippen LogP contribution in [0.5, 0.6) is 0 Å². The summed E-state index contributed by atoms with van der Waals surface area (Å²) >= 11 is 0. The Balaban J connectivity index is 1.83. The molecule has 4 rings (SSSR count). The minimum atomic E-state index is -3.81. The van der Waals surface area contributed by atoms with E-state index in [1.54, 1.807) is 30.6 Å². The number of pyridine rings is 1. The number of aryl methyl sites for hydroxylation is 1. The van der Waals surface area contributed by atoms with Gasteiger partial charge in [0.15, 0.2) is 5.69 Å². The minimum absolute atomic E-state index is 0.134. The van der Waals surface area contributed by atoms with E-state index in [2.05, 4.69) is 20.5 Å². The molecule has 0 fully saturated rings. The van der Waals surface area contributed by atoms with Crippen LogP contribution in [0.4, 0.5) is 17.1 Å². The van der Waals surface area contributed by atoms with E-state index in [4.69, 9.17) is 6.57 Å². The van der Waals surface area contributed by atoms with Crippen molar-refractivity contribution in [1.29, 1.82) is 0 Å². The monoisotopic (exact) mass is 445 g/mol. The Morgan fingerprint density at radius 2 is 1.97 bits per heavy atom. The van der Waals surface area contributed by atoms with E-state index in [9.17, 15) is 8.42 Å². The number of nitrogens with one attached hydrogen (secondary N) is 2. The van der Waals surface area contributed by atoms with Gasteiger partial charge in [-0.3, -0.25) is 4.98 Å². The van der Waals surface area contributed by atoms with Gasteiger partial charge in [0.1, 0.15) is 4.90 Å². The zero-order valence-electron chi connectivity index (χ0n) is 17.8. The average Bonchev–Trinajstić information content (AvgIpc) is 3.18. The van der Waals surface area contributed by atoms with Crippen molar-refractivity contribution in [3.05, 3.63) is 89.7 Å². The molecule has 162 valence electrons. The van der Waals surface area contributed by atoms with Gasteiger partial charge < -0.3 is 10.6 Å². The van der Waals surface area contributed by atoms with E-state index in [0.717, 1.165) is 34.3 Å². The fourth-order valence-electron chi connectivity index (χ4n) is 3.71. The summed E-state index contributed by atoms with van der Waals surface area (Å²) in [5.41, 5.74) is 4.74. The van der Waals surface area contributed by atoms with Crippen molar-refractivity contribution in [3.8, 4) is 0 Å². The molecule has 7 nitrogen and oxygen atoms in total. The van der Waals surface area contributed by atoms with E-state index in [-0.39, 0.29) is 4.90 Å². The van der Waals surface area contributed by atoms with Crippen molar-refractivity contribution in [1.82, 2.24) is 14.3 Å². The standard InChI is InChI=1S/C24H23N5O2S/c1-4-17-12-19(26-3)8-10-23(17)28-20-7-9-22-18(14-25-2)16-29(24(22)13-20)32(30,31)21-6-5-11-27-15-21/h5-13,15-16,25,28H,4,14H2,1-2H3. The molecule has 0 unspecified atom stereocenters. The lowest BCUT2D eigenvalue weighted by molar-refractivity contribution is 0.588. The highest BCUT2D eigenvalue weighted by atomic mass is 32.2. The number of anilines is 2. The van der Waals surface area contributed by atoms with Crippen LogP contribution in [0.25, 0.3) is 15.7 Å². The Morgan fingerprint density at radius 1 is 1.12 bits per heavy atom. The topological polar surface area (TPSA) is 80.4 Å². The molecule has 0 aliphatic rings. The second-order valence-corrected chi connectivity index (χ2v) is 9.15. The summed E-state index contributed by atoms with van der Waals surface area (Å²) < 4.78 is 28.0. The molecule has 0 atom stereocenters. The van der Waals surface area contributed by atoms with Crippen molar-refractivity contribution in [2.45, 2.75) is 24.8 Å². The van der Waals surface area contributed by atoms with Gasteiger partial charge in [-0.15, -0.1) is 0 Å². The zero-order valence-corrected chi connectivity index (χ0v) is 18.6. The molecule has 0 spiro atoms. The fraction of sp³-hybridized carbons (Fsp3) is 0.167. The van der Waals surface area contributed by atoms with Crippen molar-refractivity contribution in [2.75, 3.05) is 12.4 Å². The quantitative estimate of drug-likeness (QED) is 0.398. The van der Waals surface area contributed by atoms with E-state index in [0.29, 0.717) is 17.7 Å². The highest BCUT2D eigenvalue weighted by molar-refractivity contribution is 7.90. The van der Waals surface area contributed by atoms with Crippen molar-refractivity contribution < 1.29 is 8.42 Å². The number of rotatable bonds is 7. The number of fused-ring (bicyclic) bond motifs is 1. The third-order valence-corrected chi connectivity index (χ3v) is 6.95. The maximum Gasteiger partial charge on any atom is 0.269 e. The van der Waals surface area contributed by atoms with Crippen molar-refractivity contribution in [2.24, 2.45) is 0 Å². The van der Waals surface area contributed by atoms with E-state index >= 15 is 0 Å². The molecule has 2 heterocycles. The normalized spacial score (nSPS) is 11.4. The van der Waals surface area contributed by atoms with Gasteiger partial charge in [-0.05, 0) is 54.9 Å². The lowest BCUT2D eigenvalue weighted by Crippen LogP contribution is -2.12. The van der Waals surface area contributed by atoms with Gasteiger partial charge in [0.2, 0.25) is 0 Å². The third kappa shape index (κ3) is 3.96. The number of hydrogen-bond acceptors (Lipinski definition) is 5. The Bertz CT molecular complexity index is 1420.